The molecule has 0 aliphatic carbocycles. The molecule has 0 saturated carbocycles. The Morgan fingerprint density at radius 3 is 2.50 bits per heavy atom. The summed E-state index contributed by atoms with van der Waals surface area (Å²) < 4.78 is 0. The summed E-state index contributed by atoms with van der Waals surface area (Å²) in [6, 6.07) is 0.0615. The van der Waals surface area contributed by atoms with Crippen molar-refractivity contribution in [3.63, 3.8) is 0 Å². The van der Waals surface area contributed by atoms with Crippen molar-refractivity contribution < 1.29 is 14.7 Å². The normalized spacial score (nSPS) is 18.9. The highest BCUT2D eigenvalue weighted by Crippen LogP contribution is 2.20. The van der Waals surface area contributed by atoms with Crippen LogP contribution in [0.25, 0.3) is 0 Å². The summed E-state index contributed by atoms with van der Waals surface area (Å²) in [6.07, 6.45) is 1.99. The Balaban J connectivity index is 2.73. The van der Waals surface area contributed by atoms with Crippen molar-refractivity contribution in [2.24, 2.45) is 5.92 Å². The Morgan fingerprint density at radius 2 is 2.00 bits per heavy atom. The van der Waals surface area contributed by atoms with Crippen LogP contribution in [0.15, 0.2) is 0 Å². The summed E-state index contributed by atoms with van der Waals surface area (Å²) in [5.74, 6) is -0.699. The van der Waals surface area contributed by atoms with Crippen LogP contribution in [-0.4, -0.2) is 78.1 Å². The number of urea groups is 1. The Morgan fingerprint density at radius 1 is 1.35 bits per heavy atom. The summed E-state index contributed by atoms with van der Waals surface area (Å²) in [5, 5.41) is 8.98. The van der Waals surface area contributed by atoms with E-state index >= 15 is 0 Å². The average Bonchev–Trinajstić information content (AvgIpc) is 2.73. The van der Waals surface area contributed by atoms with Crippen molar-refractivity contribution in [1.82, 2.24) is 14.7 Å². The van der Waals surface area contributed by atoms with Gasteiger partial charge in [0.1, 0.15) is 6.54 Å². The number of carbonyl (C=O) groups is 2. The minimum atomic E-state index is -0.956. The third kappa shape index (κ3) is 5.00. The van der Waals surface area contributed by atoms with E-state index in [0.29, 0.717) is 6.54 Å². The van der Waals surface area contributed by atoms with Gasteiger partial charge < -0.3 is 19.8 Å². The smallest absolute Gasteiger partial charge is 0.323 e. The Hall–Kier alpha value is -1.30. The van der Waals surface area contributed by atoms with E-state index in [9.17, 15) is 9.59 Å². The van der Waals surface area contributed by atoms with Crippen molar-refractivity contribution in [2.45, 2.75) is 32.7 Å². The first-order valence-corrected chi connectivity index (χ1v) is 7.23. The van der Waals surface area contributed by atoms with Crippen LogP contribution in [0.2, 0.25) is 0 Å². The molecular formula is C14H27N3O3. The maximum atomic E-state index is 12.6. The van der Waals surface area contributed by atoms with Crippen LogP contribution in [0.1, 0.15) is 26.7 Å². The average molecular weight is 285 g/mol. The fourth-order valence-electron chi connectivity index (χ4n) is 2.69. The zero-order valence-corrected chi connectivity index (χ0v) is 13.0. The number of aliphatic carboxylic acids is 1. The molecule has 0 bridgehead atoms. The number of carbonyl (C=O) groups excluding carboxylic acids is 1. The molecule has 1 rings (SSSR count). The molecular weight excluding hydrogens is 258 g/mol. The van der Waals surface area contributed by atoms with Gasteiger partial charge in [-0.2, -0.15) is 0 Å². The largest absolute Gasteiger partial charge is 0.480 e. The third-order valence-electron chi connectivity index (χ3n) is 3.38. The van der Waals surface area contributed by atoms with E-state index in [-0.39, 0.29) is 24.5 Å². The van der Waals surface area contributed by atoms with Gasteiger partial charge >= 0.3 is 12.0 Å². The Bertz CT molecular complexity index is 345. The third-order valence-corrected chi connectivity index (χ3v) is 3.38. The van der Waals surface area contributed by atoms with E-state index in [1.54, 1.807) is 0 Å². The predicted octanol–water partition coefficient (Wildman–Crippen LogP) is 1.17. The van der Waals surface area contributed by atoms with Crippen molar-refractivity contribution in [3.05, 3.63) is 0 Å². The molecule has 1 fully saturated rings. The molecule has 1 aliphatic heterocycles. The lowest BCUT2D eigenvalue weighted by atomic mass is 10.2. The summed E-state index contributed by atoms with van der Waals surface area (Å²) in [6.45, 7) is 5.80. The van der Waals surface area contributed by atoms with Gasteiger partial charge in [-0.25, -0.2) is 4.79 Å². The Labute approximate surface area is 121 Å². The number of likely N-dealkylation sites (N-methyl/N-ethyl adjacent to an activating group) is 1. The van der Waals surface area contributed by atoms with Crippen LogP contribution in [0, 0.1) is 5.92 Å². The SMILES string of the molecule is CC(C)CN(CC(=O)O)C(=O)N1CCCC1CN(C)C. The number of rotatable bonds is 6. The highest BCUT2D eigenvalue weighted by atomic mass is 16.4. The zero-order valence-electron chi connectivity index (χ0n) is 13.0. The molecule has 0 aromatic rings. The van der Waals surface area contributed by atoms with Crippen LogP contribution < -0.4 is 0 Å². The van der Waals surface area contributed by atoms with Gasteiger partial charge in [-0.05, 0) is 32.9 Å². The lowest BCUT2D eigenvalue weighted by Gasteiger charge is -2.33. The van der Waals surface area contributed by atoms with Gasteiger partial charge in [0.05, 0.1) is 0 Å². The second-order valence-electron chi connectivity index (χ2n) is 6.20. The zero-order chi connectivity index (χ0) is 15.3. The van der Waals surface area contributed by atoms with Crippen molar-refractivity contribution >= 4 is 12.0 Å². The number of carboxylic acids is 1. The molecule has 6 heteroatoms. The fourth-order valence-corrected chi connectivity index (χ4v) is 2.69. The fraction of sp³-hybridized carbons (Fsp3) is 0.857. The van der Waals surface area contributed by atoms with E-state index in [4.69, 9.17) is 5.11 Å². The molecule has 1 saturated heterocycles. The molecule has 0 spiro atoms. The van der Waals surface area contributed by atoms with Crippen molar-refractivity contribution in [1.29, 1.82) is 0 Å². The lowest BCUT2D eigenvalue weighted by Crippen LogP contribution is -2.50. The van der Waals surface area contributed by atoms with Crippen molar-refractivity contribution in [2.75, 3.05) is 40.3 Å². The molecule has 2 amide bonds. The molecule has 1 unspecified atom stereocenters. The van der Waals surface area contributed by atoms with Gasteiger partial charge in [-0.1, -0.05) is 13.8 Å². The molecule has 0 radical (unpaired) electrons. The van der Waals surface area contributed by atoms with E-state index in [2.05, 4.69) is 4.90 Å². The quantitative estimate of drug-likeness (QED) is 0.796. The predicted molar refractivity (Wildman–Crippen MR) is 77.7 cm³/mol. The van der Waals surface area contributed by atoms with Crippen LogP contribution >= 0.6 is 0 Å². The van der Waals surface area contributed by atoms with Crippen LogP contribution in [0.3, 0.4) is 0 Å². The monoisotopic (exact) mass is 285 g/mol. The number of hydrogen-bond donors (Lipinski definition) is 1. The number of carboxylic acid groups (broad SMARTS) is 1. The van der Waals surface area contributed by atoms with Gasteiger partial charge in [0.25, 0.3) is 0 Å². The minimum Gasteiger partial charge on any atom is -0.480 e. The van der Waals surface area contributed by atoms with Gasteiger partial charge in [-0.15, -0.1) is 0 Å². The maximum Gasteiger partial charge on any atom is 0.323 e. The standard InChI is InChI=1S/C14H27N3O3/c1-11(2)8-16(10-13(18)19)14(20)17-7-5-6-12(17)9-15(3)4/h11-12H,5-10H2,1-4H3,(H,18,19). The van der Waals surface area contributed by atoms with E-state index < -0.39 is 5.97 Å². The summed E-state index contributed by atoms with van der Waals surface area (Å²) in [4.78, 5) is 28.9. The molecule has 1 aliphatic rings. The highest BCUT2D eigenvalue weighted by molar-refractivity contribution is 5.80. The highest BCUT2D eigenvalue weighted by Gasteiger charge is 2.32. The first-order valence-electron chi connectivity index (χ1n) is 7.23. The number of amides is 2. The number of likely N-dealkylation sites (tertiary alicyclic amines) is 1. The number of nitrogens with zero attached hydrogens (tertiary/aromatic N) is 3. The van der Waals surface area contributed by atoms with Gasteiger partial charge in [-0.3, -0.25) is 4.79 Å². The topological polar surface area (TPSA) is 64.1 Å². The Kier molecular flexibility index (Phi) is 6.26. The molecule has 0 aromatic heterocycles. The summed E-state index contributed by atoms with van der Waals surface area (Å²) in [7, 11) is 3.98. The van der Waals surface area contributed by atoms with E-state index in [1.807, 2.05) is 32.8 Å². The van der Waals surface area contributed by atoms with E-state index in [1.165, 1.54) is 4.90 Å². The molecule has 0 aromatic carbocycles. The molecule has 6 nitrogen and oxygen atoms in total. The second kappa shape index (κ2) is 7.47. The van der Waals surface area contributed by atoms with Gasteiger partial charge in [0, 0.05) is 25.7 Å². The summed E-state index contributed by atoms with van der Waals surface area (Å²) in [5.41, 5.74) is 0. The van der Waals surface area contributed by atoms with Crippen LogP contribution in [-0.2, 0) is 4.79 Å². The van der Waals surface area contributed by atoms with E-state index in [0.717, 1.165) is 25.9 Å². The molecule has 1 heterocycles. The van der Waals surface area contributed by atoms with Gasteiger partial charge in [0.2, 0.25) is 0 Å². The molecule has 1 atom stereocenters. The van der Waals surface area contributed by atoms with Crippen molar-refractivity contribution in [3.8, 4) is 0 Å². The lowest BCUT2D eigenvalue weighted by molar-refractivity contribution is -0.137. The molecule has 20 heavy (non-hydrogen) atoms. The van der Waals surface area contributed by atoms with Crippen LogP contribution in [0.5, 0.6) is 0 Å². The minimum absolute atomic E-state index is 0.134. The molecule has 116 valence electrons. The second-order valence-corrected chi connectivity index (χ2v) is 6.20. The molecule has 1 N–H and O–H groups in total. The first-order chi connectivity index (χ1) is 9.31. The number of hydrogen-bond acceptors (Lipinski definition) is 3. The first kappa shape index (κ1) is 16.8. The van der Waals surface area contributed by atoms with Crippen LogP contribution in [0.4, 0.5) is 4.79 Å². The van der Waals surface area contributed by atoms with Gasteiger partial charge in [0.15, 0.2) is 0 Å². The maximum absolute atomic E-state index is 12.6. The summed E-state index contributed by atoms with van der Waals surface area (Å²) >= 11 is 0.